The Balaban J connectivity index is 4.34. The standard InChI is InChI=1S/C19H33NO4S/c1-3-5-6-9-18(22)11-10-17(8-4-2)20(16-21)13-7-14-25-15-12-19(23)24/h16-18,22H,3-9,12-15H2,1-2H3,(H,23,24). The first-order chi connectivity index (χ1) is 12.0. The summed E-state index contributed by atoms with van der Waals surface area (Å²) in [5.74, 6) is 6.61. The minimum Gasteiger partial charge on any atom is -0.481 e. The molecule has 0 radical (unpaired) electrons. The van der Waals surface area contributed by atoms with Crippen LogP contribution in [-0.4, -0.2) is 57.7 Å². The molecule has 2 atom stereocenters. The molecule has 0 heterocycles. The molecule has 0 aromatic rings. The first-order valence-electron chi connectivity index (χ1n) is 9.24. The second-order valence-electron chi connectivity index (χ2n) is 6.06. The van der Waals surface area contributed by atoms with Crippen molar-refractivity contribution in [3.8, 4) is 11.8 Å². The molecule has 144 valence electrons. The molecule has 0 aliphatic carbocycles. The first kappa shape index (κ1) is 23.8. The average Bonchev–Trinajstić information content (AvgIpc) is 2.58. The van der Waals surface area contributed by atoms with Crippen molar-refractivity contribution in [3.63, 3.8) is 0 Å². The van der Waals surface area contributed by atoms with Crippen LogP contribution in [0.25, 0.3) is 0 Å². The Labute approximate surface area is 156 Å². The van der Waals surface area contributed by atoms with E-state index in [0.717, 1.165) is 50.7 Å². The second kappa shape index (κ2) is 16.3. The van der Waals surface area contributed by atoms with Gasteiger partial charge in [0, 0.05) is 12.3 Å². The quantitative estimate of drug-likeness (QED) is 0.263. The lowest BCUT2D eigenvalue weighted by atomic mass is 10.1. The molecule has 5 nitrogen and oxygen atoms in total. The van der Waals surface area contributed by atoms with E-state index in [2.05, 4.69) is 25.7 Å². The van der Waals surface area contributed by atoms with E-state index in [1.54, 1.807) is 16.7 Å². The van der Waals surface area contributed by atoms with E-state index < -0.39 is 12.1 Å². The van der Waals surface area contributed by atoms with Gasteiger partial charge in [0.25, 0.3) is 0 Å². The highest BCUT2D eigenvalue weighted by Crippen LogP contribution is 2.10. The smallest absolute Gasteiger partial charge is 0.304 e. The highest BCUT2D eigenvalue weighted by atomic mass is 32.2. The number of amides is 1. The fraction of sp³-hybridized carbons (Fsp3) is 0.789. The van der Waals surface area contributed by atoms with Crippen molar-refractivity contribution in [3.05, 3.63) is 0 Å². The van der Waals surface area contributed by atoms with Crippen LogP contribution in [0, 0.1) is 11.8 Å². The van der Waals surface area contributed by atoms with Crippen molar-refractivity contribution < 1.29 is 19.8 Å². The summed E-state index contributed by atoms with van der Waals surface area (Å²) in [6.45, 7) is 4.78. The fourth-order valence-corrected chi connectivity index (χ4v) is 3.20. The Morgan fingerprint density at radius 2 is 1.88 bits per heavy atom. The zero-order valence-corrected chi connectivity index (χ0v) is 16.4. The number of nitrogens with zero attached hydrogens (tertiary/aromatic N) is 1. The van der Waals surface area contributed by atoms with E-state index in [9.17, 15) is 14.7 Å². The molecular formula is C19H33NO4S. The summed E-state index contributed by atoms with van der Waals surface area (Å²) in [7, 11) is 0. The van der Waals surface area contributed by atoms with E-state index in [0.29, 0.717) is 18.7 Å². The minimum atomic E-state index is -0.780. The number of rotatable bonds is 15. The van der Waals surface area contributed by atoms with Crippen LogP contribution in [0.2, 0.25) is 0 Å². The third-order valence-corrected chi connectivity index (χ3v) is 4.83. The Kier molecular flexibility index (Phi) is 15.5. The van der Waals surface area contributed by atoms with Crippen molar-refractivity contribution in [1.29, 1.82) is 0 Å². The van der Waals surface area contributed by atoms with Crippen molar-refractivity contribution >= 4 is 24.1 Å². The Morgan fingerprint density at radius 3 is 2.48 bits per heavy atom. The van der Waals surface area contributed by atoms with E-state index >= 15 is 0 Å². The molecule has 0 aromatic carbocycles. The molecule has 0 spiro atoms. The summed E-state index contributed by atoms with van der Waals surface area (Å²) >= 11 is 1.59. The number of carboxylic acid groups (broad SMARTS) is 1. The third-order valence-electron chi connectivity index (χ3n) is 3.76. The average molecular weight is 372 g/mol. The van der Waals surface area contributed by atoms with Crippen LogP contribution in [-0.2, 0) is 9.59 Å². The van der Waals surface area contributed by atoms with Crippen LogP contribution < -0.4 is 0 Å². The van der Waals surface area contributed by atoms with E-state index in [1.165, 1.54) is 0 Å². The van der Waals surface area contributed by atoms with E-state index in [-0.39, 0.29) is 12.5 Å². The monoisotopic (exact) mass is 371 g/mol. The van der Waals surface area contributed by atoms with Crippen LogP contribution in [0.4, 0.5) is 0 Å². The minimum absolute atomic E-state index is 0.160. The Bertz CT molecular complexity index is 419. The van der Waals surface area contributed by atoms with Gasteiger partial charge in [0.2, 0.25) is 6.41 Å². The Morgan fingerprint density at radius 1 is 1.12 bits per heavy atom. The largest absolute Gasteiger partial charge is 0.481 e. The maximum atomic E-state index is 11.4. The summed E-state index contributed by atoms with van der Waals surface area (Å²) in [6, 6.07) is -0.160. The number of carboxylic acids is 1. The number of aliphatic carboxylic acids is 1. The zero-order chi connectivity index (χ0) is 18.9. The maximum Gasteiger partial charge on any atom is 0.304 e. The van der Waals surface area contributed by atoms with Gasteiger partial charge in [0.1, 0.15) is 6.10 Å². The number of aliphatic hydroxyl groups is 1. The van der Waals surface area contributed by atoms with Crippen molar-refractivity contribution in [2.75, 3.05) is 18.1 Å². The van der Waals surface area contributed by atoms with Gasteiger partial charge >= 0.3 is 5.97 Å². The summed E-state index contributed by atoms with van der Waals surface area (Å²) < 4.78 is 0. The normalized spacial score (nSPS) is 12.8. The highest BCUT2D eigenvalue weighted by molar-refractivity contribution is 7.99. The fourth-order valence-electron chi connectivity index (χ4n) is 2.34. The zero-order valence-electron chi connectivity index (χ0n) is 15.6. The third kappa shape index (κ3) is 13.7. The van der Waals surface area contributed by atoms with Crippen LogP contribution in [0.15, 0.2) is 0 Å². The molecule has 0 rings (SSSR count). The number of carbonyl (C=O) groups excluding carboxylic acids is 1. The lowest BCUT2D eigenvalue weighted by Gasteiger charge is -2.24. The number of carbonyl (C=O) groups is 2. The number of unbranched alkanes of at least 4 members (excludes halogenated alkanes) is 2. The predicted octanol–water partition coefficient (Wildman–Crippen LogP) is 3.16. The van der Waals surface area contributed by atoms with Gasteiger partial charge in [-0.3, -0.25) is 9.59 Å². The van der Waals surface area contributed by atoms with Gasteiger partial charge in [-0.1, -0.05) is 45.0 Å². The molecule has 2 N–H and O–H groups in total. The van der Waals surface area contributed by atoms with Gasteiger partial charge in [-0.15, -0.1) is 0 Å². The lowest BCUT2D eigenvalue weighted by molar-refractivity contribution is -0.136. The molecule has 0 saturated carbocycles. The molecule has 25 heavy (non-hydrogen) atoms. The predicted molar refractivity (Wildman–Crippen MR) is 104 cm³/mol. The molecule has 2 unspecified atom stereocenters. The molecule has 6 heteroatoms. The molecule has 0 fully saturated rings. The summed E-state index contributed by atoms with van der Waals surface area (Å²) in [5.41, 5.74) is 0. The van der Waals surface area contributed by atoms with Crippen LogP contribution in [0.5, 0.6) is 0 Å². The molecule has 0 aromatic heterocycles. The van der Waals surface area contributed by atoms with Crippen molar-refractivity contribution in [2.24, 2.45) is 0 Å². The SMILES string of the molecule is CCCCCC(O)C#CC(CCC)N(C=O)CCCSCCC(=O)O. The molecule has 1 amide bonds. The summed E-state index contributed by atoms with van der Waals surface area (Å²) in [4.78, 5) is 23.6. The molecule has 0 saturated heterocycles. The molecule has 0 aliphatic heterocycles. The van der Waals surface area contributed by atoms with Crippen LogP contribution in [0.3, 0.4) is 0 Å². The topological polar surface area (TPSA) is 77.8 Å². The Hall–Kier alpha value is -1.19. The van der Waals surface area contributed by atoms with Crippen molar-refractivity contribution in [2.45, 2.75) is 77.4 Å². The maximum absolute atomic E-state index is 11.4. The van der Waals surface area contributed by atoms with Gasteiger partial charge in [-0.2, -0.15) is 11.8 Å². The van der Waals surface area contributed by atoms with Gasteiger partial charge in [-0.05, 0) is 31.4 Å². The molecule has 0 bridgehead atoms. The lowest BCUT2D eigenvalue weighted by Crippen LogP contribution is -2.34. The van der Waals surface area contributed by atoms with Gasteiger partial charge in [0.15, 0.2) is 0 Å². The van der Waals surface area contributed by atoms with E-state index in [4.69, 9.17) is 5.11 Å². The number of aliphatic hydroxyl groups excluding tert-OH is 1. The van der Waals surface area contributed by atoms with Crippen molar-refractivity contribution in [1.82, 2.24) is 4.90 Å². The van der Waals surface area contributed by atoms with E-state index in [1.807, 2.05) is 0 Å². The number of hydrogen-bond donors (Lipinski definition) is 2. The number of hydrogen-bond acceptors (Lipinski definition) is 4. The van der Waals surface area contributed by atoms with Crippen LogP contribution in [0.1, 0.15) is 65.2 Å². The summed E-state index contributed by atoms with van der Waals surface area (Å²) in [6.07, 6.45) is 6.76. The van der Waals surface area contributed by atoms with Gasteiger partial charge in [0.05, 0.1) is 12.5 Å². The highest BCUT2D eigenvalue weighted by Gasteiger charge is 2.13. The molecular weight excluding hydrogens is 338 g/mol. The second-order valence-corrected chi connectivity index (χ2v) is 7.28. The summed E-state index contributed by atoms with van der Waals surface area (Å²) in [5, 5.41) is 18.5. The first-order valence-corrected chi connectivity index (χ1v) is 10.4. The van der Waals surface area contributed by atoms with Gasteiger partial charge in [-0.25, -0.2) is 0 Å². The van der Waals surface area contributed by atoms with Gasteiger partial charge < -0.3 is 15.1 Å². The molecule has 0 aliphatic rings. The number of thioether (sulfide) groups is 1. The van der Waals surface area contributed by atoms with Crippen LogP contribution >= 0.6 is 11.8 Å².